The van der Waals surface area contributed by atoms with E-state index < -0.39 is 4.92 Å². The number of nitro benzene ring substituents is 1. The number of rotatable bonds is 5. The van der Waals surface area contributed by atoms with Gasteiger partial charge in [0.15, 0.2) is 5.75 Å². The maximum atomic E-state index is 11.3. The van der Waals surface area contributed by atoms with E-state index in [1.165, 1.54) is 4.68 Å². The largest absolute Gasteiger partial charge is 0.487 e. The fourth-order valence-corrected chi connectivity index (χ4v) is 2.03. The van der Waals surface area contributed by atoms with E-state index in [4.69, 9.17) is 4.74 Å². The van der Waals surface area contributed by atoms with Crippen molar-refractivity contribution < 1.29 is 9.66 Å². The SMILES string of the molecule is CCCOc1cccc(-n2cc(I)cn2)c1[N+](=O)[O-]. The smallest absolute Gasteiger partial charge is 0.336 e. The highest BCUT2D eigenvalue weighted by molar-refractivity contribution is 14.1. The van der Waals surface area contributed by atoms with E-state index in [1.807, 2.05) is 6.92 Å². The Labute approximate surface area is 123 Å². The van der Waals surface area contributed by atoms with E-state index in [0.29, 0.717) is 12.3 Å². The first-order valence-electron chi connectivity index (χ1n) is 5.74. The molecule has 0 N–H and O–H groups in total. The molecule has 100 valence electrons. The second kappa shape index (κ2) is 6.00. The molecule has 0 atom stereocenters. The van der Waals surface area contributed by atoms with Crippen molar-refractivity contribution in [2.24, 2.45) is 0 Å². The fourth-order valence-electron chi connectivity index (χ4n) is 1.64. The van der Waals surface area contributed by atoms with Crippen molar-refractivity contribution in [3.8, 4) is 11.4 Å². The zero-order chi connectivity index (χ0) is 13.8. The summed E-state index contributed by atoms with van der Waals surface area (Å²) in [5, 5.41) is 15.4. The number of para-hydroxylation sites is 1. The van der Waals surface area contributed by atoms with Crippen molar-refractivity contribution in [1.82, 2.24) is 9.78 Å². The Bertz CT molecular complexity index is 598. The Morgan fingerprint density at radius 3 is 2.89 bits per heavy atom. The minimum atomic E-state index is -0.436. The van der Waals surface area contributed by atoms with Gasteiger partial charge in [-0.1, -0.05) is 13.0 Å². The summed E-state index contributed by atoms with van der Waals surface area (Å²) >= 11 is 2.10. The van der Waals surface area contributed by atoms with Gasteiger partial charge in [0.2, 0.25) is 0 Å². The molecule has 7 heteroatoms. The fraction of sp³-hybridized carbons (Fsp3) is 0.250. The highest BCUT2D eigenvalue weighted by atomic mass is 127. The lowest BCUT2D eigenvalue weighted by molar-refractivity contribution is -0.385. The Hall–Kier alpha value is -1.64. The predicted molar refractivity (Wildman–Crippen MR) is 78.7 cm³/mol. The monoisotopic (exact) mass is 373 g/mol. The lowest BCUT2D eigenvalue weighted by Gasteiger charge is -2.08. The van der Waals surface area contributed by atoms with Crippen LogP contribution in [0.3, 0.4) is 0 Å². The summed E-state index contributed by atoms with van der Waals surface area (Å²) in [5.41, 5.74) is 0.344. The first kappa shape index (κ1) is 13.8. The van der Waals surface area contributed by atoms with Gasteiger partial charge >= 0.3 is 5.69 Å². The molecule has 2 aromatic rings. The normalized spacial score (nSPS) is 10.4. The van der Waals surface area contributed by atoms with Crippen molar-refractivity contribution in [2.45, 2.75) is 13.3 Å². The van der Waals surface area contributed by atoms with E-state index in [0.717, 1.165) is 9.99 Å². The van der Waals surface area contributed by atoms with Gasteiger partial charge in [-0.05, 0) is 41.1 Å². The third-order valence-electron chi connectivity index (χ3n) is 2.42. The molecule has 0 unspecified atom stereocenters. The summed E-state index contributed by atoms with van der Waals surface area (Å²) in [6.07, 6.45) is 4.16. The molecule has 6 nitrogen and oxygen atoms in total. The highest BCUT2D eigenvalue weighted by Crippen LogP contribution is 2.33. The average Bonchev–Trinajstić information content (AvgIpc) is 2.82. The minimum Gasteiger partial charge on any atom is -0.487 e. The number of hydrogen-bond donors (Lipinski definition) is 0. The van der Waals surface area contributed by atoms with Crippen molar-refractivity contribution in [3.05, 3.63) is 44.3 Å². The second-order valence-electron chi connectivity index (χ2n) is 3.83. The van der Waals surface area contributed by atoms with Gasteiger partial charge in [0.05, 0.1) is 21.3 Å². The van der Waals surface area contributed by atoms with E-state index >= 15 is 0 Å². The third-order valence-corrected chi connectivity index (χ3v) is 2.98. The van der Waals surface area contributed by atoms with Crippen LogP contribution in [0.5, 0.6) is 5.75 Å². The van der Waals surface area contributed by atoms with E-state index in [1.54, 1.807) is 30.6 Å². The van der Waals surface area contributed by atoms with Gasteiger partial charge in [-0.2, -0.15) is 5.10 Å². The lowest BCUT2D eigenvalue weighted by atomic mass is 10.2. The number of hydrogen-bond acceptors (Lipinski definition) is 4. The van der Waals surface area contributed by atoms with Crippen LogP contribution in [0, 0.1) is 13.7 Å². The van der Waals surface area contributed by atoms with Gasteiger partial charge in [0.25, 0.3) is 0 Å². The summed E-state index contributed by atoms with van der Waals surface area (Å²) in [6, 6.07) is 4.98. The Morgan fingerprint density at radius 2 is 2.32 bits per heavy atom. The molecule has 0 amide bonds. The van der Waals surface area contributed by atoms with E-state index in [2.05, 4.69) is 27.7 Å². The van der Waals surface area contributed by atoms with Crippen LogP contribution < -0.4 is 4.74 Å². The molecule has 1 heterocycles. The van der Waals surface area contributed by atoms with E-state index in [9.17, 15) is 10.1 Å². The number of aromatic nitrogens is 2. The van der Waals surface area contributed by atoms with Gasteiger partial charge in [0, 0.05) is 6.20 Å². The van der Waals surface area contributed by atoms with Crippen LogP contribution in [0.1, 0.15) is 13.3 Å². The Balaban J connectivity index is 2.51. The zero-order valence-electron chi connectivity index (χ0n) is 10.2. The standard InChI is InChI=1S/C12H12IN3O3/c1-2-6-19-11-5-3-4-10(12(11)16(17)18)15-8-9(13)7-14-15/h3-5,7-8H,2,6H2,1H3. The summed E-state index contributed by atoms with van der Waals surface area (Å²) in [4.78, 5) is 10.8. The number of nitrogens with zero attached hydrogens (tertiary/aromatic N) is 3. The van der Waals surface area contributed by atoms with Gasteiger partial charge < -0.3 is 4.74 Å². The second-order valence-corrected chi connectivity index (χ2v) is 5.08. The van der Waals surface area contributed by atoms with Crippen LogP contribution >= 0.6 is 22.6 Å². The quantitative estimate of drug-likeness (QED) is 0.459. The Kier molecular flexibility index (Phi) is 4.35. The maximum absolute atomic E-state index is 11.3. The molecule has 19 heavy (non-hydrogen) atoms. The molecule has 0 spiro atoms. The summed E-state index contributed by atoms with van der Waals surface area (Å²) in [5.74, 6) is 0.273. The van der Waals surface area contributed by atoms with Crippen molar-refractivity contribution >= 4 is 28.3 Å². The van der Waals surface area contributed by atoms with Crippen LogP contribution in [0.15, 0.2) is 30.6 Å². The Morgan fingerprint density at radius 1 is 1.53 bits per heavy atom. The molecule has 2 rings (SSSR count). The van der Waals surface area contributed by atoms with E-state index in [-0.39, 0.29) is 11.4 Å². The van der Waals surface area contributed by atoms with Gasteiger partial charge in [-0.15, -0.1) is 0 Å². The highest BCUT2D eigenvalue weighted by Gasteiger charge is 2.22. The van der Waals surface area contributed by atoms with Gasteiger partial charge in [-0.25, -0.2) is 4.68 Å². The molecule has 1 aromatic heterocycles. The van der Waals surface area contributed by atoms with Gasteiger partial charge in [-0.3, -0.25) is 10.1 Å². The third kappa shape index (κ3) is 3.03. The van der Waals surface area contributed by atoms with Crippen molar-refractivity contribution in [3.63, 3.8) is 0 Å². The molecule has 0 fully saturated rings. The van der Waals surface area contributed by atoms with Crippen LogP contribution in [-0.2, 0) is 0 Å². The first-order chi connectivity index (χ1) is 9.13. The first-order valence-corrected chi connectivity index (χ1v) is 6.82. The molecule has 0 bridgehead atoms. The molecule has 0 saturated carbocycles. The predicted octanol–water partition coefficient (Wildman–Crippen LogP) is 3.17. The zero-order valence-corrected chi connectivity index (χ0v) is 12.4. The summed E-state index contributed by atoms with van der Waals surface area (Å²) < 4.78 is 7.83. The lowest BCUT2D eigenvalue weighted by Crippen LogP contribution is -2.04. The molecular weight excluding hydrogens is 361 g/mol. The number of halogens is 1. The number of benzene rings is 1. The van der Waals surface area contributed by atoms with Crippen LogP contribution in [0.2, 0.25) is 0 Å². The van der Waals surface area contributed by atoms with Crippen LogP contribution in [0.25, 0.3) is 5.69 Å². The average molecular weight is 373 g/mol. The number of ether oxygens (including phenoxy) is 1. The maximum Gasteiger partial charge on any atom is 0.336 e. The van der Waals surface area contributed by atoms with Crippen LogP contribution in [-0.4, -0.2) is 21.3 Å². The van der Waals surface area contributed by atoms with Crippen molar-refractivity contribution in [1.29, 1.82) is 0 Å². The molecule has 0 aliphatic heterocycles. The van der Waals surface area contributed by atoms with Crippen LogP contribution in [0.4, 0.5) is 5.69 Å². The molecule has 0 aliphatic carbocycles. The molecular formula is C12H12IN3O3. The molecule has 0 saturated heterocycles. The summed E-state index contributed by atoms with van der Waals surface area (Å²) in [6.45, 7) is 2.40. The molecule has 0 radical (unpaired) electrons. The van der Waals surface area contributed by atoms with Gasteiger partial charge in [0.1, 0.15) is 5.69 Å². The molecule has 1 aromatic carbocycles. The topological polar surface area (TPSA) is 70.2 Å². The van der Waals surface area contributed by atoms with Crippen molar-refractivity contribution in [2.75, 3.05) is 6.61 Å². The molecule has 0 aliphatic rings. The summed E-state index contributed by atoms with van der Waals surface area (Å²) in [7, 11) is 0. The number of nitro groups is 1. The minimum absolute atomic E-state index is 0.0598.